The molecule has 4 rings (SSSR count). The lowest BCUT2D eigenvalue weighted by Crippen LogP contribution is -2.49. The maximum absolute atomic E-state index is 13.5. The van der Waals surface area contributed by atoms with Gasteiger partial charge in [-0.15, -0.1) is 11.3 Å². The molecule has 3 aromatic rings. The highest BCUT2D eigenvalue weighted by Gasteiger charge is 2.31. The van der Waals surface area contributed by atoms with Gasteiger partial charge in [0.05, 0.1) is 22.2 Å². The summed E-state index contributed by atoms with van der Waals surface area (Å²) in [5.41, 5.74) is 1.66. The third-order valence-corrected chi connectivity index (χ3v) is 7.83. The van der Waals surface area contributed by atoms with E-state index in [0.29, 0.717) is 50.3 Å². The van der Waals surface area contributed by atoms with Crippen molar-refractivity contribution in [3.63, 3.8) is 0 Å². The number of Topliss-reactive ketones (excluding diaryl/α,β-unsaturated/α-hetero) is 1. The Morgan fingerprint density at radius 3 is 2.62 bits per heavy atom. The van der Waals surface area contributed by atoms with Gasteiger partial charge in [0.25, 0.3) is 0 Å². The van der Waals surface area contributed by atoms with Crippen LogP contribution in [0.1, 0.15) is 54.4 Å². The summed E-state index contributed by atoms with van der Waals surface area (Å²) in [5, 5.41) is 6.05. The molecule has 1 fully saturated rings. The highest BCUT2D eigenvalue weighted by Crippen LogP contribution is 2.24. The molecular formula is C29H34N4O5S. The minimum absolute atomic E-state index is 0.0515. The number of piperidine rings is 1. The Labute approximate surface area is 231 Å². The van der Waals surface area contributed by atoms with Crippen molar-refractivity contribution in [2.24, 2.45) is 5.92 Å². The summed E-state index contributed by atoms with van der Waals surface area (Å²) in [4.78, 5) is 56.6. The van der Waals surface area contributed by atoms with E-state index in [1.54, 1.807) is 4.90 Å². The first-order valence-corrected chi connectivity index (χ1v) is 14.1. The zero-order valence-corrected chi connectivity index (χ0v) is 22.9. The first-order chi connectivity index (χ1) is 18.9. The standard InChI is InChI=1S/C29H34N4O5S/c1-20(34)33-17-9-12-22(18-33)27(36)31-24(26(35)28-32-23-13-5-6-15-25(23)39-28)14-7-8-16-30-29(37)38-19-21-10-3-2-4-11-21/h2-6,10-11,13,15,22,24H,7-9,12,14,16-19H2,1H3,(H,30,37)(H,31,36)/t22-,24-/m0/s1. The number of carbonyl (C=O) groups is 4. The number of benzene rings is 2. The molecule has 2 N–H and O–H groups in total. The molecule has 0 unspecified atom stereocenters. The van der Waals surface area contributed by atoms with E-state index in [2.05, 4.69) is 15.6 Å². The van der Waals surface area contributed by atoms with Crippen LogP contribution in [0.5, 0.6) is 0 Å². The van der Waals surface area contributed by atoms with Gasteiger partial charge >= 0.3 is 6.09 Å². The van der Waals surface area contributed by atoms with Gasteiger partial charge in [-0.3, -0.25) is 14.4 Å². The molecular weight excluding hydrogens is 516 g/mol. The molecule has 9 nitrogen and oxygen atoms in total. The fourth-order valence-electron chi connectivity index (χ4n) is 4.60. The van der Waals surface area contributed by atoms with Gasteiger partial charge in [-0.25, -0.2) is 9.78 Å². The Balaban J connectivity index is 1.32. The number of ketones is 1. The van der Waals surface area contributed by atoms with Gasteiger partial charge in [-0.05, 0) is 49.8 Å². The number of likely N-dealkylation sites (tertiary alicyclic amines) is 1. The van der Waals surface area contributed by atoms with E-state index in [0.717, 1.165) is 22.2 Å². The number of para-hydroxylation sites is 1. The molecule has 1 saturated heterocycles. The lowest BCUT2D eigenvalue weighted by atomic mass is 9.96. The van der Waals surface area contributed by atoms with Crippen LogP contribution in [0.2, 0.25) is 0 Å². The van der Waals surface area contributed by atoms with Crippen molar-refractivity contribution in [3.05, 3.63) is 65.2 Å². The van der Waals surface area contributed by atoms with Crippen LogP contribution in [0.15, 0.2) is 54.6 Å². The van der Waals surface area contributed by atoms with E-state index in [-0.39, 0.29) is 30.1 Å². The minimum Gasteiger partial charge on any atom is -0.445 e. The second-order valence-corrected chi connectivity index (χ2v) is 10.7. The molecule has 10 heteroatoms. The van der Waals surface area contributed by atoms with E-state index in [4.69, 9.17) is 4.74 Å². The molecule has 2 aromatic carbocycles. The van der Waals surface area contributed by atoms with Gasteiger partial charge in [0.15, 0.2) is 5.01 Å². The zero-order valence-electron chi connectivity index (χ0n) is 22.1. The Morgan fingerprint density at radius 1 is 1.08 bits per heavy atom. The molecule has 3 amide bonds. The van der Waals surface area contributed by atoms with Crippen LogP contribution >= 0.6 is 11.3 Å². The predicted octanol–water partition coefficient (Wildman–Crippen LogP) is 4.32. The topological polar surface area (TPSA) is 118 Å². The number of thiazole rings is 1. The number of carbonyl (C=O) groups excluding carboxylic acids is 4. The number of fused-ring (bicyclic) bond motifs is 1. The van der Waals surface area contributed by atoms with Crippen LogP contribution in [0.4, 0.5) is 4.79 Å². The molecule has 2 atom stereocenters. The van der Waals surface area contributed by atoms with Crippen LogP contribution < -0.4 is 10.6 Å². The second kappa shape index (κ2) is 13.8. The van der Waals surface area contributed by atoms with Crippen molar-refractivity contribution in [2.45, 2.75) is 51.7 Å². The van der Waals surface area contributed by atoms with E-state index in [9.17, 15) is 19.2 Å². The van der Waals surface area contributed by atoms with Crippen LogP contribution in [0, 0.1) is 5.92 Å². The predicted molar refractivity (Wildman–Crippen MR) is 149 cm³/mol. The quantitative estimate of drug-likeness (QED) is 0.271. The summed E-state index contributed by atoms with van der Waals surface area (Å²) in [5.74, 6) is -0.846. The largest absolute Gasteiger partial charge is 0.445 e. The van der Waals surface area contributed by atoms with Gasteiger partial charge in [-0.2, -0.15) is 0 Å². The zero-order chi connectivity index (χ0) is 27.6. The molecule has 0 saturated carbocycles. The number of hydrogen-bond acceptors (Lipinski definition) is 7. The highest BCUT2D eigenvalue weighted by atomic mass is 32.1. The molecule has 0 spiro atoms. The number of alkyl carbamates (subject to hydrolysis) is 1. The summed E-state index contributed by atoms with van der Waals surface area (Å²) in [6.45, 7) is 3.09. The molecule has 0 aliphatic carbocycles. The van der Waals surface area contributed by atoms with Crippen LogP contribution in [-0.4, -0.2) is 59.3 Å². The van der Waals surface area contributed by atoms with Crippen molar-refractivity contribution in [2.75, 3.05) is 19.6 Å². The van der Waals surface area contributed by atoms with Crippen molar-refractivity contribution >= 4 is 45.2 Å². The number of ether oxygens (including phenoxy) is 1. The molecule has 39 heavy (non-hydrogen) atoms. The van der Waals surface area contributed by atoms with Crippen LogP contribution in [-0.2, 0) is 20.9 Å². The fourth-order valence-corrected chi connectivity index (χ4v) is 5.56. The number of hydrogen-bond donors (Lipinski definition) is 2. The van der Waals surface area contributed by atoms with E-state index >= 15 is 0 Å². The average Bonchev–Trinajstić information content (AvgIpc) is 3.40. The highest BCUT2D eigenvalue weighted by molar-refractivity contribution is 7.20. The number of nitrogens with one attached hydrogen (secondary N) is 2. The molecule has 0 bridgehead atoms. The molecule has 1 aliphatic heterocycles. The number of unbranched alkanes of at least 4 members (excludes halogenated alkanes) is 1. The Bertz CT molecular complexity index is 1260. The van der Waals surface area contributed by atoms with E-state index in [1.165, 1.54) is 18.3 Å². The van der Waals surface area contributed by atoms with Gasteiger partial charge in [0.2, 0.25) is 17.6 Å². The van der Waals surface area contributed by atoms with E-state index in [1.807, 2.05) is 54.6 Å². The van der Waals surface area contributed by atoms with Gasteiger partial charge in [0, 0.05) is 26.6 Å². The van der Waals surface area contributed by atoms with Crippen molar-refractivity contribution < 1.29 is 23.9 Å². The third-order valence-electron chi connectivity index (χ3n) is 6.78. The SMILES string of the molecule is CC(=O)N1CCC[C@H](C(=O)N[C@@H](CCCCNC(=O)OCc2ccccc2)C(=O)c2nc3ccccc3s2)C1. The second-order valence-electron chi connectivity index (χ2n) is 9.70. The summed E-state index contributed by atoms with van der Waals surface area (Å²) in [6.07, 6.45) is 2.55. The lowest BCUT2D eigenvalue weighted by Gasteiger charge is -2.32. The fraction of sp³-hybridized carbons (Fsp3) is 0.414. The monoisotopic (exact) mass is 550 g/mol. The normalized spacial score (nSPS) is 15.9. The summed E-state index contributed by atoms with van der Waals surface area (Å²) >= 11 is 1.31. The van der Waals surface area contributed by atoms with Crippen molar-refractivity contribution in [1.82, 2.24) is 20.5 Å². The minimum atomic E-state index is -0.740. The van der Waals surface area contributed by atoms with E-state index < -0.39 is 12.1 Å². The molecule has 1 aromatic heterocycles. The summed E-state index contributed by atoms with van der Waals surface area (Å²) < 4.78 is 6.14. The van der Waals surface area contributed by atoms with Gasteiger partial charge in [0.1, 0.15) is 6.61 Å². The molecule has 206 valence electrons. The van der Waals surface area contributed by atoms with Crippen LogP contribution in [0.3, 0.4) is 0 Å². The maximum Gasteiger partial charge on any atom is 0.407 e. The molecule has 1 aliphatic rings. The van der Waals surface area contributed by atoms with Crippen molar-refractivity contribution in [3.8, 4) is 0 Å². The average molecular weight is 551 g/mol. The lowest BCUT2D eigenvalue weighted by molar-refractivity contribution is -0.134. The van der Waals surface area contributed by atoms with Crippen LogP contribution in [0.25, 0.3) is 10.2 Å². The molecule has 2 heterocycles. The summed E-state index contributed by atoms with van der Waals surface area (Å²) in [6, 6.07) is 16.2. The first kappa shape index (κ1) is 28.2. The Hall–Kier alpha value is -3.79. The van der Waals surface area contributed by atoms with Crippen molar-refractivity contribution in [1.29, 1.82) is 0 Å². The third kappa shape index (κ3) is 8.10. The molecule has 0 radical (unpaired) electrons. The Kier molecular flexibility index (Phi) is 10.0. The number of rotatable bonds is 11. The first-order valence-electron chi connectivity index (χ1n) is 13.3. The number of amides is 3. The Morgan fingerprint density at radius 2 is 1.85 bits per heavy atom. The smallest absolute Gasteiger partial charge is 0.407 e. The van der Waals surface area contributed by atoms with Gasteiger partial charge in [-0.1, -0.05) is 42.5 Å². The summed E-state index contributed by atoms with van der Waals surface area (Å²) in [7, 11) is 0. The number of aromatic nitrogens is 1. The maximum atomic E-state index is 13.5. The number of nitrogens with zero attached hydrogens (tertiary/aromatic N) is 2. The van der Waals surface area contributed by atoms with Gasteiger partial charge < -0.3 is 20.3 Å².